The molecule has 3 aliphatic rings. The molecule has 0 amide bonds. The minimum atomic E-state index is -0.186. The van der Waals surface area contributed by atoms with E-state index in [2.05, 4.69) is 33.8 Å². The number of benzene rings is 1. The van der Waals surface area contributed by atoms with Crippen LogP contribution in [0.25, 0.3) is 5.69 Å². The second kappa shape index (κ2) is 7.26. The fraction of sp³-hybridized carbons (Fsp3) is 0.565. The van der Waals surface area contributed by atoms with Gasteiger partial charge in [-0.2, -0.15) is 0 Å². The lowest BCUT2D eigenvalue weighted by Gasteiger charge is -2.49. The monoisotopic (exact) mass is 381 g/mol. The van der Waals surface area contributed by atoms with Crippen molar-refractivity contribution in [1.82, 2.24) is 13.9 Å². The Morgan fingerprint density at radius 2 is 1.79 bits per heavy atom. The number of aromatic nitrogens is 3. The largest absolute Gasteiger partial charge is 0.352 e. The highest BCUT2D eigenvalue weighted by molar-refractivity contribution is 5.30. The Hall–Kier alpha value is -2.30. The molecule has 2 aliphatic heterocycles. The Balaban J connectivity index is 1.74. The van der Waals surface area contributed by atoms with E-state index in [1.165, 1.54) is 10.1 Å². The van der Waals surface area contributed by atoms with Crippen molar-refractivity contribution in [3.8, 4) is 5.69 Å². The molecule has 1 saturated carbocycles. The van der Waals surface area contributed by atoms with Crippen LogP contribution in [0.3, 0.4) is 0 Å². The molecule has 5 heteroatoms. The fourth-order valence-corrected chi connectivity index (χ4v) is 5.45. The summed E-state index contributed by atoms with van der Waals surface area (Å²) in [5.41, 5.74) is 1.65. The third-order valence-corrected chi connectivity index (χ3v) is 6.76. The average Bonchev–Trinajstić information content (AvgIpc) is 2.94. The molecule has 1 aliphatic carbocycles. The van der Waals surface area contributed by atoms with Crippen molar-refractivity contribution >= 4 is 0 Å². The minimum absolute atomic E-state index is 0.108. The molecule has 5 atom stereocenters. The standard InChI is InChI=1S/C23H31N3O2/c1-15(2)9-8-10-16(3)20-14-19-13-17(4)21(20)26-23(28)24(22(27)25(19)26)18-11-6-5-7-12-18/h5-7,9,11-12,16-17,19-21H,8,10,13-14H2,1-4H3/t16-,17?,19+,20+,21-/m0/s1. The summed E-state index contributed by atoms with van der Waals surface area (Å²) in [7, 11) is 0. The van der Waals surface area contributed by atoms with E-state index in [0.717, 1.165) is 25.7 Å². The first kappa shape index (κ1) is 19.0. The Labute approximate surface area is 166 Å². The molecule has 5 nitrogen and oxygen atoms in total. The lowest BCUT2D eigenvalue weighted by molar-refractivity contribution is 0.00134. The smallest absolute Gasteiger partial charge is 0.245 e. The summed E-state index contributed by atoms with van der Waals surface area (Å²) >= 11 is 0. The second-order valence-corrected chi connectivity index (χ2v) is 9.02. The lowest BCUT2D eigenvalue weighted by Crippen LogP contribution is -2.51. The number of allylic oxidation sites excluding steroid dienone is 2. The third-order valence-electron chi connectivity index (χ3n) is 6.76. The van der Waals surface area contributed by atoms with Crippen molar-refractivity contribution in [3.63, 3.8) is 0 Å². The van der Waals surface area contributed by atoms with Crippen molar-refractivity contribution in [2.24, 2.45) is 17.8 Å². The normalized spacial score (nSPS) is 26.7. The second-order valence-electron chi connectivity index (χ2n) is 9.02. The fourth-order valence-electron chi connectivity index (χ4n) is 5.45. The highest BCUT2D eigenvalue weighted by Crippen LogP contribution is 2.50. The summed E-state index contributed by atoms with van der Waals surface area (Å²) in [5, 5.41) is 0. The van der Waals surface area contributed by atoms with Gasteiger partial charge < -0.3 is 0 Å². The molecule has 1 aromatic heterocycles. The first-order chi connectivity index (χ1) is 13.4. The van der Waals surface area contributed by atoms with Crippen LogP contribution in [0, 0.1) is 17.8 Å². The number of fused-ring (bicyclic) bond motifs is 2. The topological polar surface area (TPSA) is 48.9 Å². The van der Waals surface area contributed by atoms with Gasteiger partial charge in [-0.05, 0) is 69.4 Å². The SMILES string of the molecule is CC(C)=CCC[C@H](C)[C@H]1C[C@H]2CC(C)[C@@H]1n1c(=O)n(-c3ccccc3)c(=O)n12. The summed E-state index contributed by atoms with van der Waals surface area (Å²) in [6.45, 7) is 8.84. The quantitative estimate of drug-likeness (QED) is 0.724. The van der Waals surface area contributed by atoms with Crippen molar-refractivity contribution < 1.29 is 0 Å². The van der Waals surface area contributed by atoms with Gasteiger partial charge in [-0.3, -0.25) is 0 Å². The molecular formula is C23H31N3O2. The Morgan fingerprint density at radius 3 is 2.46 bits per heavy atom. The van der Waals surface area contributed by atoms with E-state index < -0.39 is 0 Å². The van der Waals surface area contributed by atoms with E-state index in [4.69, 9.17) is 0 Å². The molecule has 0 N–H and O–H groups in total. The van der Waals surface area contributed by atoms with Gasteiger partial charge >= 0.3 is 11.4 Å². The maximum atomic E-state index is 13.3. The molecule has 3 heterocycles. The van der Waals surface area contributed by atoms with Gasteiger partial charge in [0.1, 0.15) is 0 Å². The van der Waals surface area contributed by atoms with E-state index in [1.54, 1.807) is 9.36 Å². The highest BCUT2D eigenvalue weighted by atomic mass is 16.2. The van der Waals surface area contributed by atoms with E-state index in [9.17, 15) is 9.59 Å². The first-order valence-corrected chi connectivity index (χ1v) is 10.5. The van der Waals surface area contributed by atoms with E-state index in [1.807, 2.05) is 30.3 Å². The molecule has 1 unspecified atom stereocenters. The van der Waals surface area contributed by atoms with Crippen molar-refractivity contribution in [3.05, 3.63) is 62.9 Å². The van der Waals surface area contributed by atoms with E-state index in [0.29, 0.717) is 23.4 Å². The number of nitrogens with zero attached hydrogens (tertiary/aromatic N) is 3. The van der Waals surface area contributed by atoms with Crippen LogP contribution in [-0.2, 0) is 0 Å². The van der Waals surface area contributed by atoms with E-state index in [-0.39, 0.29) is 23.5 Å². The van der Waals surface area contributed by atoms with Gasteiger partial charge in [0.2, 0.25) is 0 Å². The number of hydrogen-bond donors (Lipinski definition) is 0. The summed E-state index contributed by atoms with van der Waals surface area (Å²) in [6, 6.07) is 9.54. The zero-order chi connectivity index (χ0) is 20.0. The van der Waals surface area contributed by atoms with Crippen LogP contribution >= 0.6 is 0 Å². The van der Waals surface area contributed by atoms with Crippen molar-refractivity contribution in [1.29, 1.82) is 0 Å². The van der Waals surface area contributed by atoms with Gasteiger partial charge in [0.25, 0.3) is 0 Å². The van der Waals surface area contributed by atoms with E-state index >= 15 is 0 Å². The molecule has 0 spiro atoms. The molecule has 1 aromatic carbocycles. The lowest BCUT2D eigenvalue weighted by atomic mass is 9.68. The van der Waals surface area contributed by atoms with Gasteiger partial charge in [0.05, 0.1) is 17.8 Å². The molecule has 1 fully saturated rings. The van der Waals surface area contributed by atoms with Crippen LogP contribution in [0.15, 0.2) is 51.6 Å². The molecule has 0 saturated heterocycles. The summed E-state index contributed by atoms with van der Waals surface area (Å²) in [6.07, 6.45) is 6.50. The maximum absolute atomic E-state index is 13.3. The molecule has 5 rings (SSSR count). The Bertz CT molecular complexity index is 991. The molecule has 28 heavy (non-hydrogen) atoms. The zero-order valence-corrected chi connectivity index (χ0v) is 17.3. The van der Waals surface area contributed by atoms with Gasteiger partial charge in [0.15, 0.2) is 0 Å². The number of hydrogen-bond acceptors (Lipinski definition) is 2. The van der Waals surface area contributed by atoms with Crippen LogP contribution < -0.4 is 11.4 Å². The van der Waals surface area contributed by atoms with Gasteiger partial charge in [-0.1, -0.05) is 43.7 Å². The van der Waals surface area contributed by atoms with Crippen LogP contribution in [0.4, 0.5) is 0 Å². The predicted molar refractivity (Wildman–Crippen MR) is 112 cm³/mol. The highest BCUT2D eigenvalue weighted by Gasteiger charge is 2.48. The van der Waals surface area contributed by atoms with Crippen molar-refractivity contribution in [2.75, 3.05) is 0 Å². The van der Waals surface area contributed by atoms with Crippen LogP contribution in [-0.4, -0.2) is 13.9 Å². The third kappa shape index (κ3) is 3.01. The van der Waals surface area contributed by atoms with Gasteiger partial charge in [-0.15, -0.1) is 0 Å². The minimum Gasteiger partial charge on any atom is -0.245 e. The van der Waals surface area contributed by atoms with Crippen LogP contribution in [0.5, 0.6) is 0 Å². The van der Waals surface area contributed by atoms with Gasteiger partial charge in [-0.25, -0.2) is 23.5 Å². The van der Waals surface area contributed by atoms with Crippen LogP contribution in [0.1, 0.15) is 65.5 Å². The van der Waals surface area contributed by atoms with Crippen LogP contribution in [0.2, 0.25) is 0 Å². The first-order valence-electron chi connectivity index (χ1n) is 10.5. The summed E-state index contributed by atoms with van der Waals surface area (Å²) < 4.78 is 4.92. The van der Waals surface area contributed by atoms with Crippen molar-refractivity contribution in [2.45, 2.75) is 65.5 Å². The molecular weight excluding hydrogens is 350 g/mol. The predicted octanol–water partition coefficient (Wildman–Crippen LogP) is 4.33. The zero-order valence-electron chi connectivity index (χ0n) is 17.3. The Morgan fingerprint density at radius 1 is 1.11 bits per heavy atom. The molecule has 2 bridgehead atoms. The van der Waals surface area contributed by atoms with Gasteiger partial charge in [0, 0.05) is 0 Å². The number of para-hydroxylation sites is 1. The molecule has 2 aromatic rings. The summed E-state index contributed by atoms with van der Waals surface area (Å²) in [4.78, 5) is 26.5. The summed E-state index contributed by atoms with van der Waals surface area (Å²) in [5.74, 6) is 1.39. The Kier molecular flexibility index (Phi) is 4.94. The molecule has 150 valence electrons. The maximum Gasteiger partial charge on any atom is 0.352 e. The number of rotatable bonds is 5. The molecule has 0 radical (unpaired) electrons. The average molecular weight is 382 g/mol.